The molecule has 1 spiro atoms. The van der Waals surface area contributed by atoms with E-state index in [0.29, 0.717) is 11.8 Å². The smallest absolute Gasteiger partial charge is 0.200 e. The van der Waals surface area contributed by atoms with Crippen molar-refractivity contribution in [3.05, 3.63) is 59.7 Å². The molecule has 28 heavy (non-hydrogen) atoms. The van der Waals surface area contributed by atoms with E-state index in [9.17, 15) is 5.11 Å². The largest absolute Gasteiger partial charge is 0.507 e. The first-order chi connectivity index (χ1) is 13.6. The molecular weight excluding hydrogens is 350 g/mol. The minimum Gasteiger partial charge on any atom is -0.507 e. The third-order valence-electron chi connectivity index (χ3n) is 6.43. The van der Waals surface area contributed by atoms with Gasteiger partial charge < -0.3 is 14.7 Å². The number of para-hydroxylation sites is 2. The standard InChI is InChI=1S/C23H27N3O2/c1-16(2)25-13-11-23(12-14-25)26-20(18-8-4-6-10-22(18)28-23)15-19(24-26)17-7-3-5-9-21(17)27/h3-10,16,20,27H,11-15H2,1-2H3/t20-/m1/s1. The Morgan fingerprint density at radius 2 is 1.79 bits per heavy atom. The molecule has 3 aliphatic rings. The van der Waals surface area contributed by atoms with Crippen molar-refractivity contribution in [2.24, 2.45) is 5.10 Å². The second-order valence-electron chi connectivity index (χ2n) is 8.34. The molecule has 146 valence electrons. The van der Waals surface area contributed by atoms with Crippen molar-refractivity contribution in [1.29, 1.82) is 0 Å². The highest BCUT2D eigenvalue weighted by molar-refractivity contribution is 6.04. The summed E-state index contributed by atoms with van der Waals surface area (Å²) in [6.45, 7) is 6.51. The number of hydrazone groups is 1. The highest BCUT2D eigenvalue weighted by atomic mass is 16.5. The van der Waals surface area contributed by atoms with Gasteiger partial charge in [0.25, 0.3) is 0 Å². The van der Waals surface area contributed by atoms with Gasteiger partial charge in [-0.25, -0.2) is 5.01 Å². The van der Waals surface area contributed by atoms with Gasteiger partial charge in [0.05, 0.1) is 11.8 Å². The molecule has 1 atom stereocenters. The van der Waals surface area contributed by atoms with Crippen LogP contribution in [0.1, 0.15) is 50.3 Å². The zero-order valence-electron chi connectivity index (χ0n) is 16.5. The lowest BCUT2D eigenvalue weighted by Crippen LogP contribution is -2.59. The SMILES string of the molecule is CC(C)N1CCC2(CC1)Oc1ccccc1[C@H]1CC(c3ccccc3O)=NN12. The minimum absolute atomic E-state index is 0.158. The van der Waals surface area contributed by atoms with E-state index < -0.39 is 5.72 Å². The fourth-order valence-corrected chi connectivity index (χ4v) is 4.83. The third kappa shape index (κ3) is 2.68. The van der Waals surface area contributed by atoms with Crippen LogP contribution in [0.25, 0.3) is 0 Å². The van der Waals surface area contributed by atoms with E-state index in [-0.39, 0.29) is 6.04 Å². The van der Waals surface area contributed by atoms with Gasteiger partial charge >= 0.3 is 0 Å². The molecule has 1 saturated heterocycles. The molecule has 1 N–H and O–H groups in total. The lowest BCUT2D eigenvalue weighted by Gasteiger charge is -2.51. The third-order valence-corrected chi connectivity index (χ3v) is 6.43. The molecule has 3 aliphatic heterocycles. The molecule has 0 aromatic heterocycles. The maximum Gasteiger partial charge on any atom is 0.200 e. The predicted molar refractivity (Wildman–Crippen MR) is 110 cm³/mol. The van der Waals surface area contributed by atoms with Gasteiger partial charge in [-0.3, -0.25) is 0 Å². The molecule has 0 bridgehead atoms. The Morgan fingerprint density at radius 1 is 1.07 bits per heavy atom. The Morgan fingerprint density at radius 3 is 2.54 bits per heavy atom. The second kappa shape index (κ2) is 6.52. The summed E-state index contributed by atoms with van der Waals surface area (Å²) >= 11 is 0. The van der Waals surface area contributed by atoms with Crippen LogP contribution in [-0.2, 0) is 0 Å². The van der Waals surface area contributed by atoms with Gasteiger partial charge in [0.1, 0.15) is 11.5 Å². The lowest BCUT2D eigenvalue weighted by atomic mass is 9.90. The molecule has 3 heterocycles. The molecule has 5 nitrogen and oxygen atoms in total. The number of hydrogen-bond donors (Lipinski definition) is 1. The Kier molecular flexibility index (Phi) is 4.09. The first kappa shape index (κ1) is 17.6. The first-order valence-corrected chi connectivity index (χ1v) is 10.2. The number of aromatic hydroxyl groups is 1. The van der Waals surface area contributed by atoms with Gasteiger partial charge in [-0.15, -0.1) is 0 Å². The summed E-state index contributed by atoms with van der Waals surface area (Å²) < 4.78 is 6.65. The van der Waals surface area contributed by atoms with Crippen LogP contribution >= 0.6 is 0 Å². The van der Waals surface area contributed by atoms with E-state index in [4.69, 9.17) is 9.84 Å². The van der Waals surface area contributed by atoms with E-state index in [1.54, 1.807) is 6.07 Å². The fraction of sp³-hybridized carbons (Fsp3) is 0.435. The molecule has 0 radical (unpaired) electrons. The van der Waals surface area contributed by atoms with Crippen molar-refractivity contribution in [2.75, 3.05) is 13.1 Å². The van der Waals surface area contributed by atoms with Crippen molar-refractivity contribution < 1.29 is 9.84 Å². The van der Waals surface area contributed by atoms with Crippen molar-refractivity contribution in [3.63, 3.8) is 0 Å². The van der Waals surface area contributed by atoms with Crippen LogP contribution in [0.4, 0.5) is 0 Å². The fourth-order valence-electron chi connectivity index (χ4n) is 4.83. The zero-order valence-corrected chi connectivity index (χ0v) is 16.5. The molecular formula is C23H27N3O2. The van der Waals surface area contributed by atoms with Crippen LogP contribution < -0.4 is 4.74 Å². The molecule has 2 aromatic rings. The van der Waals surface area contributed by atoms with Crippen molar-refractivity contribution in [3.8, 4) is 11.5 Å². The lowest BCUT2D eigenvalue weighted by molar-refractivity contribution is -0.152. The van der Waals surface area contributed by atoms with Crippen LogP contribution in [0.3, 0.4) is 0 Å². The molecule has 0 unspecified atom stereocenters. The highest BCUT2D eigenvalue weighted by Gasteiger charge is 2.52. The number of phenolic OH excluding ortho intramolecular Hbond substituents is 1. The van der Waals surface area contributed by atoms with Crippen LogP contribution in [-0.4, -0.2) is 45.6 Å². The van der Waals surface area contributed by atoms with Crippen LogP contribution in [0.15, 0.2) is 53.6 Å². The van der Waals surface area contributed by atoms with Crippen molar-refractivity contribution in [1.82, 2.24) is 9.91 Å². The monoisotopic (exact) mass is 377 g/mol. The summed E-state index contributed by atoms with van der Waals surface area (Å²) in [7, 11) is 0. The number of piperidine rings is 1. The second-order valence-corrected chi connectivity index (χ2v) is 8.34. The molecule has 0 amide bonds. The number of fused-ring (bicyclic) bond motifs is 4. The quantitative estimate of drug-likeness (QED) is 0.855. The van der Waals surface area contributed by atoms with Gasteiger partial charge in [-0.1, -0.05) is 30.3 Å². The van der Waals surface area contributed by atoms with Gasteiger partial charge in [0.2, 0.25) is 5.72 Å². The van der Waals surface area contributed by atoms with Crippen molar-refractivity contribution >= 4 is 5.71 Å². The molecule has 0 aliphatic carbocycles. The minimum atomic E-state index is -0.406. The van der Waals surface area contributed by atoms with Gasteiger partial charge in [0.15, 0.2) is 0 Å². The Bertz CT molecular complexity index is 916. The van der Waals surface area contributed by atoms with E-state index in [2.05, 4.69) is 42.0 Å². The predicted octanol–water partition coefficient (Wildman–Crippen LogP) is 4.14. The molecule has 5 heteroatoms. The van der Waals surface area contributed by atoms with Crippen molar-refractivity contribution in [2.45, 2.75) is 50.9 Å². The number of ether oxygens (including phenoxy) is 1. The van der Waals surface area contributed by atoms with Gasteiger partial charge in [-0.05, 0) is 32.0 Å². The molecule has 1 fully saturated rings. The van der Waals surface area contributed by atoms with Gasteiger partial charge in [-0.2, -0.15) is 5.10 Å². The van der Waals surface area contributed by atoms with Crippen LogP contribution in [0.5, 0.6) is 11.5 Å². The summed E-state index contributed by atoms with van der Waals surface area (Å²) in [6.07, 6.45) is 2.63. The Balaban J connectivity index is 1.55. The average molecular weight is 377 g/mol. The first-order valence-electron chi connectivity index (χ1n) is 10.2. The summed E-state index contributed by atoms with van der Waals surface area (Å²) in [4.78, 5) is 2.51. The Labute approximate surface area is 166 Å². The number of phenols is 1. The number of nitrogens with zero attached hydrogens (tertiary/aromatic N) is 3. The number of benzene rings is 2. The van der Waals surface area contributed by atoms with Crippen LogP contribution in [0.2, 0.25) is 0 Å². The zero-order chi connectivity index (χ0) is 19.3. The van der Waals surface area contributed by atoms with E-state index in [1.165, 1.54) is 5.56 Å². The van der Waals surface area contributed by atoms with E-state index in [1.807, 2.05) is 24.3 Å². The Hall–Kier alpha value is -2.53. The number of hydrogen-bond acceptors (Lipinski definition) is 5. The normalized spacial score (nSPS) is 23.3. The van der Waals surface area contributed by atoms with E-state index >= 15 is 0 Å². The summed E-state index contributed by atoms with van der Waals surface area (Å²) in [5, 5.41) is 17.6. The van der Waals surface area contributed by atoms with E-state index in [0.717, 1.165) is 49.4 Å². The topological polar surface area (TPSA) is 48.3 Å². The summed E-state index contributed by atoms with van der Waals surface area (Å²) in [5.41, 5.74) is 2.54. The molecule has 5 rings (SSSR count). The highest BCUT2D eigenvalue weighted by Crippen LogP contribution is 2.50. The number of rotatable bonds is 2. The number of likely N-dealkylation sites (tertiary alicyclic amines) is 1. The van der Waals surface area contributed by atoms with Crippen LogP contribution in [0, 0.1) is 0 Å². The van der Waals surface area contributed by atoms with Gasteiger partial charge in [0, 0.05) is 49.5 Å². The molecule has 0 saturated carbocycles. The maximum atomic E-state index is 10.4. The summed E-state index contributed by atoms with van der Waals surface area (Å²) in [6, 6.07) is 16.5. The maximum absolute atomic E-state index is 10.4. The average Bonchev–Trinajstić information content (AvgIpc) is 3.15. The molecule has 2 aromatic carbocycles. The summed E-state index contributed by atoms with van der Waals surface area (Å²) in [5.74, 6) is 1.27.